The van der Waals surface area contributed by atoms with Crippen molar-refractivity contribution >= 4 is 35.0 Å². The number of piperidine rings is 1. The van der Waals surface area contributed by atoms with Gasteiger partial charge in [0.15, 0.2) is 0 Å². The van der Waals surface area contributed by atoms with Crippen molar-refractivity contribution in [1.29, 1.82) is 0 Å². The van der Waals surface area contributed by atoms with Gasteiger partial charge in [-0.15, -0.1) is 12.4 Å². The van der Waals surface area contributed by atoms with Gasteiger partial charge in [0.05, 0.1) is 16.7 Å². The molecular weight excluding hydrogens is 316 g/mol. The van der Waals surface area contributed by atoms with Crippen LogP contribution in [0.3, 0.4) is 0 Å². The lowest BCUT2D eigenvalue weighted by Crippen LogP contribution is -2.43. The molecule has 1 saturated heterocycles. The summed E-state index contributed by atoms with van der Waals surface area (Å²) in [5.74, 6) is -0.921. The number of nitrogens with zero attached hydrogens (tertiary/aromatic N) is 2. The summed E-state index contributed by atoms with van der Waals surface area (Å²) in [6.45, 7) is 3.94. The van der Waals surface area contributed by atoms with Crippen LogP contribution < -0.4 is 4.90 Å². The topological polar surface area (TPSA) is 62.7 Å². The highest BCUT2D eigenvalue weighted by Crippen LogP contribution is 2.30. The first-order valence-electron chi connectivity index (χ1n) is 7.45. The summed E-state index contributed by atoms with van der Waals surface area (Å²) >= 11 is 0. The molecule has 0 radical (unpaired) electrons. The van der Waals surface area contributed by atoms with Crippen LogP contribution in [0.2, 0.25) is 0 Å². The summed E-state index contributed by atoms with van der Waals surface area (Å²) in [4.78, 5) is 17.9. The van der Waals surface area contributed by atoms with Crippen molar-refractivity contribution < 1.29 is 14.6 Å². The molecule has 0 spiro atoms. The summed E-state index contributed by atoms with van der Waals surface area (Å²) in [6, 6.07) is 7.38. The Labute approximate surface area is 141 Å². The SMILES string of the molecule is COC1(C)CCN(c2ccc3nccc(C(=O)O)c3c2)CC1.Cl. The van der Waals surface area contributed by atoms with Crippen LogP contribution in [0.5, 0.6) is 0 Å². The predicted molar refractivity (Wildman–Crippen MR) is 92.8 cm³/mol. The van der Waals surface area contributed by atoms with Crippen LogP contribution >= 0.6 is 12.4 Å². The minimum absolute atomic E-state index is 0. The highest BCUT2D eigenvalue weighted by Gasteiger charge is 2.29. The summed E-state index contributed by atoms with van der Waals surface area (Å²) in [7, 11) is 1.76. The maximum absolute atomic E-state index is 11.4. The third kappa shape index (κ3) is 3.41. The molecule has 23 heavy (non-hydrogen) atoms. The second kappa shape index (κ2) is 6.72. The van der Waals surface area contributed by atoms with E-state index in [0.29, 0.717) is 16.5 Å². The number of anilines is 1. The van der Waals surface area contributed by atoms with Gasteiger partial charge in [0.25, 0.3) is 0 Å². The third-order valence-electron chi connectivity index (χ3n) is 4.63. The van der Waals surface area contributed by atoms with Crippen LogP contribution in [-0.4, -0.2) is 41.9 Å². The smallest absolute Gasteiger partial charge is 0.336 e. The van der Waals surface area contributed by atoms with Gasteiger partial charge < -0.3 is 14.7 Å². The minimum Gasteiger partial charge on any atom is -0.478 e. The molecule has 1 aliphatic rings. The van der Waals surface area contributed by atoms with E-state index in [2.05, 4.69) is 16.8 Å². The van der Waals surface area contributed by atoms with Crippen molar-refractivity contribution in [3.05, 3.63) is 36.0 Å². The van der Waals surface area contributed by atoms with Gasteiger partial charge >= 0.3 is 5.97 Å². The molecule has 3 rings (SSSR count). The lowest BCUT2D eigenvalue weighted by Gasteiger charge is -2.39. The van der Waals surface area contributed by atoms with E-state index >= 15 is 0 Å². The molecule has 5 nitrogen and oxygen atoms in total. The van der Waals surface area contributed by atoms with E-state index in [9.17, 15) is 9.90 Å². The predicted octanol–water partition coefficient (Wildman–Crippen LogP) is 3.36. The van der Waals surface area contributed by atoms with Crippen molar-refractivity contribution in [2.45, 2.75) is 25.4 Å². The first-order chi connectivity index (χ1) is 10.5. The Morgan fingerprint density at radius 2 is 2.00 bits per heavy atom. The molecule has 0 bridgehead atoms. The molecule has 0 saturated carbocycles. The molecule has 2 aromatic rings. The highest BCUT2D eigenvalue weighted by molar-refractivity contribution is 6.03. The largest absolute Gasteiger partial charge is 0.478 e. The number of methoxy groups -OCH3 is 1. The van der Waals surface area contributed by atoms with Crippen molar-refractivity contribution in [2.75, 3.05) is 25.1 Å². The molecular formula is C17H21ClN2O3. The number of benzene rings is 1. The molecule has 1 fully saturated rings. The number of aromatic carboxylic acids is 1. The Balaban J connectivity index is 0.00000192. The standard InChI is InChI=1S/C17H20N2O3.ClH/c1-17(22-2)6-9-19(10-7-17)12-3-4-15-14(11-12)13(16(20)21)5-8-18-15;/h3-5,8,11H,6-7,9-10H2,1-2H3,(H,20,21);1H. The molecule has 1 aromatic carbocycles. The quantitative estimate of drug-likeness (QED) is 0.931. The van der Waals surface area contributed by atoms with Crippen LogP contribution in [-0.2, 0) is 4.74 Å². The molecule has 1 aliphatic heterocycles. The number of hydrogen-bond donors (Lipinski definition) is 1. The molecule has 1 N–H and O–H groups in total. The van der Waals surface area contributed by atoms with Gasteiger partial charge in [-0.3, -0.25) is 4.98 Å². The van der Waals surface area contributed by atoms with E-state index in [4.69, 9.17) is 4.74 Å². The molecule has 124 valence electrons. The number of carboxylic acid groups (broad SMARTS) is 1. The molecule has 6 heteroatoms. The molecule has 2 heterocycles. The van der Waals surface area contributed by atoms with E-state index < -0.39 is 5.97 Å². The van der Waals surface area contributed by atoms with Gasteiger partial charge in [0, 0.05) is 37.5 Å². The Morgan fingerprint density at radius 3 is 2.61 bits per heavy atom. The lowest BCUT2D eigenvalue weighted by atomic mass is 9.93. The number of ether oxygens (including phenoxy) is 1. The van der Waals surface area contributed by atoms with Crippen molar-refractivity contribution in [3.8, 4) is 0 Å². The average Bonchev–Trinajstić information content (AvgIpc) is 2.54. The van der Waals surface area contributed by atoms with Gasteiger partial charge in [-0.05, 0) is 44.0 Å². The van der Waals surface area contributed by atoms with E-state index in [-0.39, 0.29) is 18.0 Å². The number of carbonyl (C=O) groups is 1. The van der Waals surface area contributed by atoms with Crippen LogP contribution in [0, 0.1) is 0 Å². The number of carboxylic acids is 1. The van der Waals surface area contributed by atoms with Crippen LogP contribution in [0.15, 0.2) is 30.5 Å². The highest BCUT2D eigenvalue weighted by atomic mass is 35.5. The van der Waals surface area contributed by atoms with Crippen molar-refractivity contribution in [1.82, 2.24) is 4.98 Å². The number of aromatic nitrogens is 1. The van der Waals surface area contributed by atoms with Gasteiger partial charge in [0.2, 0.25) is 0 Å². The van der Waals surface area contributed by atoms with Crippen LogP contribution in [0.1, 0.15) is 30.1 Å². The average molecular weight is 337 g/mol. The fourth-order valence-corrected chi connectivity index (χ4v) is 2.96. The zero-order valence-electron chi connectivity index (χ0n) is 13.3. The summed E-state index contributed by atoms with van der Waals surface area (Å²) in [6.07, 6.45) is 3.46. The first kappa shape index (κ1) is 17.5. The van der Waals surface area contributed by atoms with E-state index in [1.54, 1.807) is 13.2 Å². The van der Waals surface area contributed by atoms with E-state index in [0.717, 1.165) is 31.6 Å². The maximum Gasteiger partial charge on any atom is 0.336 e. The van der Waals surface area contributed by atoms with E-state index in [1.807, 2.05) is 18.2 Å². The van der Waals surface area contributed by atoms with Gasteiger partial charge in [-0.25, -0.2) is 4.79 Å². The minimum atomic E-state index is -0.921. The number of pyridine rings is 1. The fraction of sp³-hybridized carbons (Fsp3) is 0.412. The zero-order valence-corrected chi connectivity index (χ0v) is 14.1. The second-order valence-corrected chi connectivity index (χ2v) is 6.01. The maximum atomic E-state index is 11.4. The first-order valence-corrected chi connectivity index (χ1v) is 7.45. The zero-order chi connectivity index (χ0) is 15.7. The second-order valence-electron chi connectivity index (χ2n) is 6.01. The Morgan fingerprint density at radius 1 is 1.30 bits per heavy atom. The molecule has 1 aromatic heterocycles. The number of rotatable bonds is 3. The summed E-state index contributed by atoms with van der Waals surface area (Å²) in [5, 5.41) is 10.0. The number of hydrogen-bond acceptors (Lipinski definition) is 4. The van der Waals surface area contributed by atoms with Crippen molar-refractivity contribution in [2.24, 2.45) is 0 Å². The number of fused-ring (bicyclic) bond motifs is 1. The molecule has 0 unspecified atom stereocenters. The Kier molecular flexibility index (Phi) is 5.12. The normalized spacial score (nSPS) is 16.9. The third-order valence-corrected chi connectivity index (χ3v) is 4.63. The van der Waals surface area contributed by atoms with Crippen molar-refractivity contribution in [3.63, 3.8) is 0 Å². The monoisotopic (exact) mass is 336 g/mol. The molecule has 0 atom stereocenters. The van der Waals surface area contributed by atoms with Gasteiger partial charge in [-0.1, -0.05) is 0 Å². The summed E-state index contributed by atoms with van der Waals surface area (Å²) in [5.41, 5.74) is 2.00. The lowest BCUT2D eigenvalue weighted by molar-refractivity contribution is -0.0132. The van der Waals surface area contributed by atoms with Crippen LogP contribution in [0.25, 0.3) is 10.9 Å². The number of halogens is 1. The summed E-state index contributed by atoms with van der Waals surface area (Å²) < 4.78 is 5.57. The van der Waals surface area contributed by atoms with Gasteiger partial charge in [0.1, 0.15) is 0 Å². The van der Waals surface area contributed by atoms with E-state index in [1.165, 1.54) is 6.20 Å². The van der Waals surface area contributed by atoms with Gasteiger partial charge in [-0.2, -0.15) is 0 Å². The van der Waals surface area contributed by atoms with Crippen LogP contribution in [0.4, 0.5) is 5.69 Å². The molecule has 0 aliphatic carbocycles. The Hall–Kier alpha value is -1.85. The molecule has 0 amide bonds. The Bertz CT molecular complexity index is 712. The fourth-order valence-electron chi connectivity index (χ4n) is 2.96.